The minimum atomic E-state index is -6.05. The van der Waals surface area contributed by atoms with Crippen LogP contribution >= 0.6 is 0 Å². The van der Waals surface area contributed by atoms with Gasteiger partial charge in [-0.05, 0) is 34.9 Å². The summed E-state index contributed by atoms with van der Waals surface area (Å²) >= 11 is 0. The van der Waals surface area contributed by atoms with Crippen molar-refractivity contribution in [2.45, 2.75) is 18.0 Å². The van der Waals surface area contributed by atoms with Gasteiger partial charge in [0.15, 0.2) is 11.9 Å². The largest absolute Gasteiger partial charge is 0.523 e. The number of fused-ring (bicyclic) bond motifs is 1. The molecule has 1 heterocycles. The van der Waals surface area contributed by atoms with Crippen LogP contribution in [0.3, 0.4) is 0 Å². The van der Waals surface area contributed by atoms with E-state index in [2.05, 4.69) is 10.8 Å². The molecule has 0 fully saturated rings. The van der Waals surface area contributed by atoms with Crippen molar-refractivity contribution in [2.24, 2.45) is 0 Å². The summed E-state index contributed by atoms with van der Waals surface area (Å²) in [6.45, 7) is 3.75. The molecule has 3 rings (SSSR count). The van der Waals surface area contributed by atoms with E-state index in [1.54, 1.807) is 0 Å². The zero-order chi connectivity index (χ0) is 23.0. The Morgan fingerprint density at radius 2 is 2.06 bits per heavy atom. The van der Waals surface area contributed by atoms with E-state index in [1.165, 1.54) is 29.3 Å². The number of carbonyl (C=O) groups is 1. The van der Waals surface area contributed by atoms with Crippen LogP contribution in [0.4, 0.5) is 17.6 Å². The number of halogens is 4. The third kappa shape index (κ3) is 4.30. The van der Waals surface area contributed by atoms with Crippen LogP contribution in [0.25, 0.3) is 5.57 Å². The Morgan fingerprint density at radius 3 is 2.65 bits per heavy atom. The van der Waals surface area contributed by atoms with Crippen molar-refractivity contribution in [3.8, 4) is 6.07 Å². The minimum absolute atomic E-state index is 0.0206. The zero-order valence-electron chi connectivity index (χ0n) is 15.7. The lowest BCUT2D eigenvalue weighted by Crippen LogP contribution is -2.36. The molecule has 0 saturated carbocycles. The normalized spacial score (nSPS) is 19.4. The number of benzene rings is 1. The van der Waals surface area contributed by atoms with Gasteiger partial charge < -0.3 is 4.90 Å². The minimum Gasteiger partial charge on any atom is -0.335 e. The van der Waals surface area contributed by atoms with Crippen molar-refractivity contribution < 1.29 is 35.0 Å². The SMILES string of the molecule is C=CCN1C=C2CC(=O)C(OS(=O)(=O)C(F)(F)F)C=C2C(c2cccc(F)c2)=C1C#N. The number of alkyl halides is 3. The molecular formula is C20H14F4N2O4S. The van der Waals surface area contributed by atoms with Gasteiger partial charge in [0.25, 0.3) is 0 Å². The molecule has 162 valence electrons. The molecule has 0 aromatic heterocycles. The molecule has 31 heavy (non-hydrogen) atoms. The third-order valence-electron chi connectivity index (χ3n) is 4.51. The fourth-order valence-corrected chi connectivity index (χ4v) is 3.77. The van der Waals surface area contributed by atoms with Crippen molar-refractivity contribution in [1.82, 2.24) is 4.90 Å². The monoisotopic (exact) mass is 454 g/mol. The highest BCUT2D eigenvalue weighted by Crippen LogP contribution is 2.42. The fourth-order valence-electron chi connectivity index (χ4n) is 3.23. The molecule has 0 saturated heterocycles. The van der Waals surface area contributed by atoms with Crippen LogP contribution in [0, 0.1) is 17.1 Å². The van der Waals surface area contributed by atoms with Crippen molar-refractivity contribution in [1.29, 1.82) is 5.26 Å². The molecule has 1 aromatic rings. The summed E-state index contributed by atoms with van der Waals surface area (Å²) in [5, 5.41) is 9.71. The molecule has 0 N–H and O–H groups in total. The zero-order valence-corrected chi connectivity index (χ0v) is 16.5. The molecule has 0 bridgehead atoms. The van der Waals surface area contributed by atoms with Gasteiger partial charge in [0.2, 0.25) is 0 Å². The fraction of sp³-hybridized carbons (Fsp3) is 0.200. The number of carbonyl (C=O) groups excluding carboxylic acids is 1. The first-order valence-electron chi connectivity index (χ1n) is 8.72. The van der Waals surface area contributed by atoms with E-state index in [9.17, 15) is 36.0 Å². The molecule has 1 aliphatic heterocycles. The van der Waals surface area contributed by atoms with Crippen LogP contribution < -0.4 is 0 Å². The second kappa shape index (κ2) is 8.13. The van der Waals surface area contributed by atoms with E-state index in [4.69, 9.17) is 0 Å². The number of nitriles is 1. The lowest BCUT2D eigenvalue weighted by Gasteiger charge is -2.33. The molecule has 1 atom stereocenters. The van der Waals surface area contributed by atoms with Crippen molar-refractivity contribution in [2.75, 3.05) is 6.54 Å². The van der Waals surface area contributed by atoms with Crippen LogP contribution in [0.2, 0.25) is 0 Å². The van der Waals surface area contributed by atoms with Crippen molar-refractivity contribution in [3.63, 3.8) is 0 Å². The van der Waals surface area contributed by atoms with Crippen LogP contribution in [0.15, 0.2) is 66.0 Å². The predicted molar refractivity (Wildman–Crippen MR) is 101 cm³/mol. The van der Waals surface area contributed by atoms with Gasteiger partial charge in [-0.25, -0.2) is 8.57 Å². The maximum atomic E-state index is 13.9. The molecule has 11 heteroatoms. The van der Waals surface area contributed by atoms with Crippen molar-refractivity contribution in [3.05, 3.63) is 77.4 Å². The van der Waals surface area contributed by atoms with Crippen LogP contribution in [-0.2, 0) is 19.1 Å². The Morgan fingerprint density at radius 1 is 1.35 bits per heavy atom. The summed E-state index contributed by atoms with van der Waals surface area (Å²) in [6.07, 6.45) is 1.34. The molecular weight excluding hydrogens is 440 g/mol. The van der Waals surface area contributed by atoms with Gasteiger partial charge in [0, 0.05) is 24.7 Å². The first-order chi connectivity index (χ1) is 14.5. The smallest absolute Gasteiger partial charge is 0.335 e. The van der Waals surface area contributed by atoms with Crippen LogP contribution in [-0.4, -0.2) is 37.3 Å². The first kappa shape index (κ1) is 22.5. The maximum absolute atomic E-state index is 13.9. The molecule has 1 aromatic carbocycles. The van der Waals surface area contributed by atoms with Gasteiger partial charge in [-0.2, -0.15) is 26.9 Å². The van der Waals surface area contributed by atoms with E-state index in [-0.39, 0.29) is 29.0 Å². The highest BCUT2D eigenvalue weighted by Gasteiger charge is 2.50. The Kier molecular flexibility index (Phi) is 5.89. The topological polar surface area (TPSA) is 87.5 Å². The van der Waals surface area contributed by atoms with Crippen LogP contribution in [0.1, 0.15) is 12.0 Å². The standard InChI is InChI=1S/C20H14F4N2O4S/c1-2-6-26-11-13-8-17(27)18(30-31(28,29)20(22,23)24)9-15(13)19(16(26)10-25)12-4-3-5-14(21)7-12/h2-5,7,9,11,18H,1,6,8H2. The number of allylic oxidation sites excluding steroid dienone is 4. The molecule has 1 aliphatic carbocycles. The highest BCUT2D eigenvalue weighted by molar-refractivity contribution is 7.87. The lowest BCUT2D eigenvalue weighted by atomic mass is 9.81. The summed E-state index contributed by atoms with van der Waals surface area (Å²) in [5.74, 6) is -1.55. The quantitative estimate of drug-likeness (QED) is 0.293. The van der Waals surface area contributed by atoms with Gasteiger partial charge >= 0.3 is 15.6 Å². The third-order valence-corrected chi connectivity index (χ3v) is 5.54. The van der Waals surface area contributed by atoms with Gasteiger partial charge in [-0.1, -0.05) is 18.2 Å². The van der Waals surface area contributed by atoms with Gasteiger partial charge in [0.05, 0.1) is 0 Å². The lowest BCUT2D eigenvalue weighted by molar-refractivity contribution is -0.124. The summed E-state index contributed by atoms with van der Waals surface area (Å²) in [7, 11) is -6.05. The number of hydrogen-bond donors (Lipinski definition) is 0. The molecule has 0 radical (unpaired) electrons. The number of hydrogen-bond acceptors (Lipinski definition) is 6. The Hall–Kier alpha value is -3.23. The second-order valence-corrected chi connectivity index (χ2v) is 8.14. The summed E-state index contributed by atoms with van der Waals surface area (Å²) < 4.78 is 79.0. The Labute approximate surface area is 175 Å². The molecule has 0 amide bonds. The highest BCUT2D eigenvalue weighted by atomic mass is 32.2. The first-order valence-corrected chi connectivity index (χ1v) is 10.1. The molecule has 1 unspecified atom stereocenters. The summed E-state index contributed by atoms with van der Waals surface area (Å²) in [4.78, 5) is 13.8. The average Bonchev–Trinajstić information content (AvgIpc) is 2.67. The summed E-state index contributed by atoms with van der Waals surface area (Å²) in [5.41, 5.74) is -4.92. The average molecular weight is 454 g/mol. The van der Waals surface area contributed by atoms with E-state index in [1.807, 2.05) is 6.07 Å². The second-order valence-electron chi connectivity index (χ2n) is 6.58. The van der Waals surface area contributed by atoms with Gasteiger partial charge in [0.1, 0.15) is 17.6 Å². The van der Waals surface area contributed by atoms with E-state index in [0.29, 0.717) is 5.57 Å². The van der Waals surface area contributed by atoms with Gasteiger partial charge in [-0.3, -0.25) is 4.79 Å². The number of Topliss-reactive ketones (excluding diaryl/α,β-unsaturated/α-hetero) is 1. The predicted octanol–water partition coefficient (Wildman–Crippen LogP) is 3.58. The molecule has 2 aliphatic rings. The van der Waals surface area contributed by atoms with E-state index < -0.39 is 39.8 Å². The summed E-state index contributed by atoms with van der Waals surface area (Å²) in [6, 6.07) is 7.09. The number of ketones is 1. The van der Waals surface area contributed by atoms with E-state index in [0.717, 1.165) is 18.2 Å². The molecule has 0 spiro atoms. The van der Waals surface area contributed by atoms with Crippen LogP contribution in [0.5, 0.6) is 0 Å². The Balaban J connectivity index is 2.19. The van der Waals surface area contributed by atoms with E-state index >= 15 is 0 Å². The number of rotatable bonds is 5. The Bertz CT molecular complexity index is 1190. The number of nitrogens with zero attached hydrogens (tertiary/aromatic N) is 2. The van der Waals surface area contributed by atoms with Crippen molar-refractivity contribution >= 4 is 21.5 Å². The molecule has 6 nitrogen and oxygen atoms in total. The maximum Gasteiger partial charge on any atom is 0.523 e. The van der Waals surface area contributed by atoms with Gasteiger partial charge in [-0.15, -0.1) is 6.58 Å².